The van der Waals surface area contributed by atoms with Crippen molar-refractivity contribution in [1.29, 1.82) is 0 Å². The summed E-state index contributed by atoms with van der Waals surface area (Å²) in [6.45, 7) is 2.86. The zero-order valence-electron chi connectivity index (χ0n) is 20.9. The molecule has 1 fully saturated rings. The van der Waals surface area contributed by atoms with Crippen LogP contribution in [-0.4, -0.2) is 53.2 Å². The quantitative estimate of drug-likeness (QED) is 0.308. The molecule has 1 aromatic heterocycles. The molecule has 1 saturated heterocycles. The molecule has 37 heavy (non-hydrogen) atoms. The highest BCUT2D eigenvalue weighted by Crippen LogP contribution is 2.22. The first-order valence-corrected chi connectivity index (χ1v) is 12.5. The molecule has 0 aliphatic carbocycles. The lowest BCUT2D eigenvalue weighted by molar-refractivity contribution is -0.115. The monoisotopic (exact) mass is 497 g/mol. The molecular weight excluding hydrogens is 466 g/mol. The van der Waals surface area contributed by atoms with E-state index in [2.05, 4.69) is 56.1 Å². The van der Waals surface area contributed by atoms with Crippen LogP contribution in [-0.2, 0) is 22.5 Å². The van der Waals surface area contributed by atoms with Crippen LogP contribution < -0.4 is 10.6 Å². The van der Waals surface area contributed by atoms with Gasteiger partial charge in [-0.25, -0.2) is 4.79 Å². The molecule has 190 valence electrons. The van der Waals surface area contributed by atoms with Crippen molar-refractivity contribution >= 4 is 34.2 Å². The largest absolute Gasteiger partial charge is 0.465 e. The third kappa shape index (κ3) is 6.34. The zero-order valence-corrected chi connectivity index (χ0v) is 20.9. The second-order valence-corrected chi connectivity index (χ2v) is 9.51. The van der Waals surface area contributed by atoms with Gasteiger partial charge in [0.1, 0.15) is 0 Å². The fourth-order valence-electron chi connectivity index (χ4n) is 4.91. The number of methoxy groups -OCH3 is 1. The summed E-state index contributed by atoms with van der Waals surface area (Å²) in [5, 5.41) is 14.8. The van der Waals surface area contributed by atoms with Crippen molar-refractivity contribution < 1.29 is 14.3 Å². The van der Waals surface area contributed by atoms with Crippen LogP contribution in [0.25, 0.3) is 10.9 Å². The lowest BCUT2D eigenvalue weighted by atomic mass is 10.0. The molecule has 0 bridgehead atoms. The molecule has 8 heteroatoms. The van der Waals surface area contributed by atoms with Crippen LogP contribution in [0.5, 0.6) is 0 Å². The van der Waals surface area contributed by atoms with Crippen molar-refractivity contribution in [3.8, 4) is 0 Å². The fourth-order valence-corrected chi connectivity index (χ4v) is 4.91. The second kappa shape index (κ2) is 11.3. The Kier molecular flexibility index (Phi) is 7.46. The number of H-pyrrole nitrogens is 1. The Labute approximate surface area is 216 Å². The van der Waals surface area contributed by atoms with Crippen LogP contribution >= 0.6 is 0 Å². The number of nitrogens with zero attached hydrogens (tertiary/aromatic N) is 2. The summed E-state index contributed by atoms with van der Waals surface area (Å²) >= 11 is 0. The normalized spacial score (nSPS) is 15.9. The number of piperidine rings is 1. The Morgan fingerprint density at radius 1 is 1.05 bits per heavy atom. The smallest absolute Gasteiger partial charge is 0.337 e. The van der Waals surface area contributed by atoms with Gasteiger partial charge in [0.25, 0.3) is 0 Å². The highest BCUT2D eigenvalue weighted by atomic mass is 16.5. The highest BCUT2D eigenvalue weighted by molar-refractivity contribution is 5.95. The molecule has 0 spiro atoms. The molecule has 1 unspecified atom stereocenters. The van der Waals surface area contributed by atoms with Crippen molar-refractivity contribution in [2.75, 3.05) is 30.8 Å². The van der Waals surface area contributed by atoms with Gasteiger partial charge < -0.3 is 15.4 Å². The number of hydrogen-bond acceptors (Lipinski definition) is 6. The number of benzene rings is 3. The van der Waals surface area contributed by atoms with E-state index >= 15 is 0 Å². The summed E-state index contributed by atoms with van der Waals surface area (Å²) < 4.78 is 4.75. The predicted octanol–water partition coefficient (Wildman–Crippen LogP) is 4.61. The van der Waals surface area contributed by atoms with Gasteiger partial charge >= 0.3 is 5.97 Å². The van der Waals surface area contributed by atoms with Crippen LogP contribution in [0.3, 0.4) is 0 Å². The van der Waals surface area contributed by atoms with Crippen LogP contribution in [0.2, 0.25) is 0 Å². The first kappa shape index (κ1) is 24.5. The number of ether oxygens (including phenoxy) is 1. The summed E-state index contributed by atoms with van der Waals surface area (Å²) in [6.07, 6.45) is 4.38. The van der Waals surface area contributed by atoms with E-state index in [4.69, 9.17) is 4.74 Å². The maximum Gasteiger partial charge on any atom is 0.337 e. The molecule has 1 atom stereocenters. The summed E-state index contributed by atoms with van der Waals surface area (Å²) in [6, 6.07) is 21.6. The average molecular weight is 498 g/mol. The molecule has 0 radical (unpaired) electrons. The summed E-state index contributed by atoms with van der Waals surface area (Å²) in [5.41, 5.74) is 5.28. The van der Waals surface area contributed by atoms with Crippen molar-refractivity contribution in [2.45, 2.75) is 31.8 Å². The minimum absolute atomic E-state index is 0.129. The first-order chi connectivity index (χ1) is 18.1. The topological polar surface area (TPSA) is 99.4 Å². The molecule has 3 N–H and O–H groups in total. The molecule has 1 aliphatic heterocycles. The number of aromatic amines is 1. The number of rotatable bonds is 8. The second-order valence-electron chi connectivity index (χ2n) is 9.51. The highest BCUT2D eigenvalue weighted by Gasteiger charge is 2.20. The molecule has 1 amide bonds. The molecule has 4 aromatic rings. The van der Waals surface area contributed by atoms with Crippen LogP contribution in [0.1, 0.15) is 34.3 Å². The van der Waals surface area contributed by atoms with Crippen LogP contribution in [0.4, 0.5) is 11.4 Å². The number of hydrogen-bond donors (Lipinski definition) is 3. The minimum atomic E-state index is -0.432. The maximum atomic E-state index is 12.7. The third-order valence-corrected chi connectivity index (χ3v) is 6.65. The predicted molar refractivity (Wildman–Crippen MR) is 145 cm³/mol. The lowest BCUT2D eigenvalue weighted by Gasteiger charge is -2.33. The van der Waals surface area contributed by atoms with Gasteiger partial charge in [0, 0.05) is 35.9 Å². The number of nitrogens with one attached hydrogen (secondary N) is 3. The van der Waals surface area contributed by atoms with Gasteiger partial charge in [-0.2, -0.15) is 5.10 Å². The fraction of sp³-hybridized carbons (Fsp3) is 0.276. The van der Waals surface area contributed by atoms with Crippen molar-refractivity contribution in [3.63, 3.8) is 0 Å². The van der Waals surface area contributed by atoms with Crippen LogP contribution in [0.15, 0.2) is 72.9 Å². The van der Waals surface area contributed by atoms with E-state index in [1.807, 2.05) is 18.3 Å². The summed E-state index contributed by atoms with van der Waals surface area (Å²) in [5.74, 6) is -0.561. The van der Waals surface area contributed by atoms with E-state index < -0.39 is 5.97 Å². The standard InChI is InChI=1S/C29H31N5O3/c1-37-29(36)22-7-3-8-24(15-22)32-28(35)14-20-5-2-6-21(13-20)18-34-12-4-9-26(19-34)31-25-10-11-27-23(16-25)17-30-33-27/h2-3,5-8,10-11,13,15-17,26,31H,4,9,12,14,18-19H2,1H3,(H,30,33)(H,32,35). The van der Waals surface area contributed by atoms with E-state index in [1.54, 1.807) is 24.3 Å². The van der Waals surface area contributed by atoms with Gasteiger partial charge in [-0.05, 0) is 66.9 Å². The van der Waals surface area contributed by atoms with E-state index in [9.17, 15) is 9.59 Å². The Hall–Kier alpha value is -4.17. The Balaban J connectivity index is 1.16. The summed E-state index contributed by atoms with van der Waals surface area (Å²) in [4.78, 5) is 26.9. The van der Waals surface area contributed by atoms with Gasteiger partial charge in [-0.3, -0.25) is 14.8 Å². The molecule has 3 aromatic carbocycles. The van der Waals surface area contributed by atoms with E-state index in [-0.39, 0.29) is 12.3 Å². The van der Waals surface area contributed by atoms with Gasteiger partial charge in [-0.1, -0.05) is 30.3 Å². The lowest BCUT2D eigenvalue weighted by Crippen LogP contribution is -2.41. The molecule has 5 rings (SSSR count). The Morgan fingerprint density at radius 3 is 2.81 bits per heavy atom. The van der Waals surface area contributed by atoms with Crippen molar-refractivity contribution in [1.82, 2.24) is 15.1 Å². The molecular formula is C29H31N5O3. The van der Waals surface area contributed by atoms with Gasteiger partial charge in [-0.15, -0.1) is 0 Å². The Morgan fingerprint density at radius 2 is 1.92 bits per heavy atom. The van der Waals surface area contributed by atoms with E-state index in [1.165, 1.54) is 12.7 Å². The number of anilines is 2. The van der Waals surface area contributed by atoms with E-state index in [0.29, 0.717) is 17.3 Å². The molecule has 1 aliphatic rings. The maximum absolute atomic E-state index is 12.7. The molecule has 2 heterocycles. The van der Waals surface area contributed by atoms with Crippen molar-refractivity contribution in [3.05, 3.63) is 89.6 Å². The van der Waals surface area contributed by atoms with Crippen molar-refractivity contribution in [2.24, 2.45) is 0 Å². The number of carbonyl (C=O) groups is 2. The number of fused-ring (bicyclic) bond motifs is 1. The number of carbonyl (C=O) groups excluding carboxylic acids is 2. The third-order valence-electron chi connectivity index (χ3n) is 6.65. The Bertz CT molecular complexity index is 1400. The number of aromatic nitrogens is 2. The summed E-state index contributed by atoms with van der Waals surface area (Å²) in [7, 11) is 1.34. The van der Waals surface area contributed by atoms with Gasteiger partial charge in [0.05, 0.1) is 30.8 Å². The SMILES string of the molecule is COC(=O)c1cccc(NC(=O)Cc2cccc(CN3CCCC(Nc4ccc5[nH]ncc5c4)C3)c2)c1. The zero-order chi connectivity index (χ0) is 25.6. The number of esters is 1. The number of likely N-dealkylation sites (tertiary alicyclic amines) is 1. The first-order valence-electron chi connectivity index (χ1n) is 12.5. The molecule has 8 nitrogen and oxygen atoms in total. The van der Waals surface area contributed by atoms with Gasteiger partial charge in [0.15, 0.2) is 0 Å². The average Bonchev–Trinajstić information content (AvgIpc) is 3.37. The molecule has 0 saturated carbocycles. The van der Waals surface area contributed by atoms with E-state index in [0.717, 1.165) is 54.6 Å². The minimum Gasteiger partial charge on any atom is -0.465 e. The van der Waals surface area contributed by atoms with Crippen LogP contribution in [0, 0.1) is 0 Å². The van der Waals surface area contributed by atoms with Gasteiger partial charge in [0.2, 0.25) is 5.91 Å². The number of amides is 1.